The molecule has 0 fully saturated rings. The highest BCUT2D eigenvalue weighted by atomic mass is 127. The largest absolute Gasteiger partial charge is 0.488 e. The summed E-state index contributed by atoms with van der Waals surface area (Å²) in [6.45, 7) is 15.6. The molecule has 0 spiro atoms. The Bertz CT molecular complexity index is 5420. The summed E-state index contributed by atoms with van der Waals surface area (Å²) in [5.41, 5.74) is 18.7. The lowest BCUT2D eigenvalue weighted by atomic mass is 9.80. The predicted molar refractivity (Wildman–Crippen MR) is 509 cm³/mol. The van der Waals surface area contributed by atoms with Crippen LogP contribution in [0.3, 0.4) is 0 Å². The molecule has 9 N–H and O–H groups in total. The maximum absolute atomic E-state index is 11.7. The van der Waals surface area contributed by atoms with Gasteiger partial charge in [-0.1, -0.05) is 168 Å². The maximum atomic E-state index is 11.7. The number of rotatable bonds is 15. The van der Waals surface area contributed by atoms with Crippen LogP contribution in [0.5, 0.6) is 0 Å². The number of aliphatic carboxylic acids is 1. The van der Waals surface area contributed by atoms with Gasteiger partial charge in [-0.25, -0.2) is 34.5 Å². The SMILES string of the molecule is CC(=O)O.CC(C)(C)OC(=O)Nc1cc(-c2ccc(C=O)cc2)ccn1.CC(C)(C)OC(=O)Nc1cc(I)ccn1.CCOC(C)=O.ClI.Nc1cc(-c2ccc(C=O)cc2)ccn1.O=CCBr.O=Cc1ccc(-c2ccn3c(I)cnc3c2)cc1.O=Cc1ccc(-c2ccn3ccnc3c2)cc1.O=Cc1ccc(B(O)O)cc1.OB(O)c1ccccc1. The smallest absolute Gasteiger partial charge is 0.481 e. The van der Waals surface area contributed by atoms with Gasteiger partial charge >= 0.3 is 32.4 Å². The number of pyridine rings is 5. The van der Waals surface area contributed by atoms with Crippen molar-refractivity contribution in [2.45, 2.75) is 73.5 Å². The number of ether oxygens (including phenoxy) is 3. The number of carboxylic acids is 1. The molecule has 0 aliphatic rings. The number of amides is 2. The Labute approximate surface area is 765 Å². The Morgan fingerprint density at radius 3 is 1.20 bits per heavy atom. The molecular weight excluding hydrogens is 2000 g/mol. The van der Waals surface area contributed by atoms with Crippen LogP contribution in [0.25, 0.3) is 55.8 Å². The van der Waals surface area contributed by atoms with E-state index in [0.717, 1.165) is 101 Å². The minimum Gasteiger partial charge on any atom is -0.481 e. The molecule has 35 heteroatoms. The summed E-state index contributed by atoms with van der Waals surface area (Å²) >= 11 is 8.90. The van der Waals surface area contributed by atoms with Gasteiger partial charge in [-0.2, -0.15) is 0 Å². The molecule has 0 radical (unpaired) electrons. The van der Waals surface area contributed by atoms with Crippen molar-refractivity contribution in [3.05, 3.63) is 297 Å². The molecule has 0 saturated carbocycles. The Morgan fingerprint density at radius 2 is 0.837 bits per heavy atom. The number of aldehydes is 6. The number of imidazole rings is 2. The van der Waals surface area contributed by atoms with E-state index in [0.29, 0.717) is 74.4 Å². The van der Waals surface area contributed by atoms with Crippen LogP contribution in [-0.2, 0) is 28.6 Å². The third kappa shape index (κ3) is 43.1. The number of anilines is 3. The fourth-order valence-corrected chi connectivity index (χ4v) is 10.4. The zero-order valence-corrected chi connectivity index (χ0v) is 76.8. The van der Waals surface area contributed by atoms with Crippen LogP contribution in [0.2, 0.25) is 0 Å². The molecular formula is C88H89B2BrClI3N10O18. The summed E-state index contributed by atoms with van der Waals surface area (Å²) < 4.78 is 20.8. The first kappa shape index (κ1) is 106. The van der Waals surface area contributed by atoms with Gasteiger partial charge in [-0.15, -0.1) is 0 Å². The molecule has 0 bridgehead atoms. The molecule has 123 heavy (non-hydrogen) atoms. The number of carboxylic acid groups (broad SMARTS) is 1. The van der Waals surface area contributed by atoms with Crippen LogP contribution in [0.15, 0.2) is 262 Å². The summed E-state index contributed by atoms with van der Waals surface area (Å²) in [5, 5.41) is 47.5. The number of aromatic nitrogens is 7. The van der Waals surface area contributed by atoms with Crippen LogP contribution in [0, 0.1) is 7.27 Å². The van der Waals surface area contributed by atoms with E-state index >= 15 is 0 Å². The van der Waals surface area contributed by atoms with E-state index in [1.165, 1.54) is 31.2 Å². The number of benzene rings is 6. The number of alkyl halides is 1. The third-order valence-electron chi connectivity index (χ3n) is 14.8. The zero-order chi connectivity index (χ0) is 91.5. The van der Waals surface area contributed by atoms with Crippen LogP contribution < -0.4 is 27.3 Å². The Hall–Kier alpha value is -11.6. The highest BCUT2D eigenvalue weighted by Crippen LogP contribution is 2.26. The molecule has 7 heterocycles. The number of nitrogens with two attached hydrogens (primary N) is 1. The number of nitrogens with zero attached hydrogens (tertiary/aromatic N) is 7. The van der Waals surface area contributed by atoms with Crippen LogP contribution in [-0.4, -0.2) is 158 Å². The van der Waals surface area contributed by atoms with Gasteiger partial charge in [0.2, 0.25) is 0 Å². The van der Waals surface area contributed by atoms with E-state index in [9.17, 15) is 38.4 Å². The van der Waals surface area contributed by atoms with E-state index in [1.54, 1.807) is 141 Å². The number of esters is 1. The quantitative estimate of drug-likeness (QED) is 0.0118. The molecule has 0 unspecified atom stereocenters. The fourth-order valence-electron chi connectivity index (χ4n) is 9.41. The number of nitrogen functional groups attached to an aromatic ring is 1. The van der Waals surface area contributed by atoms with Crippen molar-refractivity contribution < 1.29 is 87.4 Å². The Balaban J connectivity index is 0.000000363. The molecule has 640 valence electrons. The number of nitrogens with one attached hydrogen (secondary N) is 2. The summed E-state index contributed by atoms with van der Waals surface area (Å²) in [7, 11) is 1.81. The summed E-state index contributed by atoms with van der Waals surface area (Å²) in [4.78, 5) is 124. The van der Waals surface area contributed by atoms with E-state index in [4.69, 9.17) is 50.0 Å². The van der Waals surface area contributed by atoms with Crippen molar-refractivity contribution in [2.24, 2.45) is 0 Å². The molecule has 6 aromatic carbocycles. The van der Waals surface area contributed by atoms with Gasteiger partial charge in [0.25, 0.3) is 5.97 Å². The third-order valence-corrected chi connectivity index (χ3v) is 16.5. The highest BCUT2D eigenvalue weighted by Gasteiger charge is 2.19. The van der Waals surface area contributed by atoms with Crippen LogP contribution in [0.4, 0.5) is 27.0 Å². The second kappa shape index (κ2) is 57.6. The first-order valence-corrected chi connectivity index (χ1v) is 42.5. The van der Waals surface area contributed by atoms with Gasteiger partial charge in [0.15, 0.2) is 0 Å². The number of carbonyl (C=O) groups excluding carboxylic acids is 9. The van der Waals surface area contributed by atoms with Crippen molar-refractivity contribution in [1.82, 2.24) is 33.7 Å². The standard InChI is InChI=1S/C17H18N2O3.C14H9IN2O.C14H10N2O.C12H10N2O.C10H13IN2O2.C7H7BO3.C6H7BO2.C4H8O2.C2H3BrO.C2H4O2.ClI/c1-17(2,3)22-16(21)19-15-10-14(8-9-18-15)13-6-4-12(11-20)5-7-13;15-13-8-16-14-7-12(5-6-17(13)14)11-3-1-10(9-18)2-4-11;17-10-11-1-3-12(4-2-11)13-5-7-16-8-6-15-14(16)9-13;13-12-7-11(5-6-14-12)10-3-1-9(8-15)2-4-10;1-10(2,3)15-9(14)13-8-6-7(11)4-5-12-8;9-5-6-1-3-7(4-2-6)8(10)11;8-7(9)6-4-2-1-3-5-6;1-3-6-4(2)5;3-1-2-4;1-2(3)4;1-2/h4-11H,1-3H3,(H,18,19,21);1-9H;1-10H;1-8H,(H2,13,14);4-6H,1-3H3,(H,12,13,14);1-5,10-11H;1-5,8-9H;3H2,1-2H3;2H,1H2;1H3,(H,3,4);. The minimum absolute atomic E-state index is 0.211. The Morgan fingerprint density at radius 1 is 0.472 bits per heavy atom. The highest BCUT2D eigenvalue weighted by molar-refractivity contribution is 14.1. The van der Waals surface area contributed by atoms with Gasteiger partial charge in [0, 0.05) is 110 Å². The second-order valence-corrected chi connectivity index (χ2v) is 29.5. The normalized spacial score (nSPS) is 9.84. The molecule has 0 aliphatic heterocycles. The molecule has 7 aromatic heterocycles. The molecule has 0 atom stereocenters. The molecule has 13 aromatic rings. The van der Waals surface area contributed by atoms with E-state index < -0.39 is 43.6 Å². The zero-order valence-electron chi connectivity index (χ0n) is 68.0. The van der Waals surface area contributed by atoms with Gasteiger partial charge in [0.1, 0.15) is 81.4 Å². The van der Waals surface area contributed by atoms with Gasteiger partial charge < -0.3 is 54.3 Å². The topological polar surface area (TPSA) is 423 Å². The summed E-state index contributed by atoms with van der Waals surface area (Å²) in [5.74, 6) is 0.354. The van der Waals surface area contributed by atoms with Crippen molar-refractivity contribution in [1.29, 1.82) is 0 Å². The number of carbonyl (C=O) groups is 10. The summed E-state index contributed by atoms with van der Waals surface area (Å²) in [6.07, 6.45) is 18.2. The van der Waals surface area contributed by atoms with Crippen molar-refractivity contribution >= 4 is 207 Å². The first-order valence-electron chi connectivity index (χ1n) is 36.5. The number of hydrogen-bond donors (Lipinski definition) is 8. The molecule has 0 aliphatic carbocycles. The lowest BCUT2D eigenvalue weighted by Crippen LogP contribution is -2.29. The monoisotopic (exact) mass is 2090 g/mol. The van der Waals surface area contributed by atoms with Gasteiger partial charge in [0.05, 0.1) is 18.1 Å². The molecule has 28 nitrogen and oxygen atoms in total. The van der Waals surface area contributed by atoms with Crippen LogP contribution in [0.1, 0.15) is 114 Å². The number of halogens is 5. The lowest BCUT2D eigenvalue weighted by molar-refractivity contribution is -0.140. The average molecular weight is 2090 g/mol. The number of fused-ring (bicyclic) bond motifs is 2. The fraction of sp³-hybridized carbons (Fsp3) is 0.148. The van der Waals surface area contributed by atoms with Gasteiger partial charge in [-0.3, -0.25) is 48.6 Å². The maximum Gasteiger partial charge on any atom is 0.488 e. The minimum atomic E-state index is -1.46. The van der Waals surface area contributed by atoms with Crippen molar-refractivity contribution in [3.63, 3.8) is 0 Å². The molecule has 2 amide bonds. The predicted octanol–water partition coefficient (Wildman–Crippen LogP) is 16.7. The lowest BCUT2D eigenvalue weighted by Gasteiger charge is -2.19. The summed E-state index contributed by atoms with van der Waals surface area (Å²) in [6, 6.07) is 63.3. The second-order valence-electron chi connectivity index (χ2n) is 26.5. The van der Waals surface area contributed by atoms with E-state index in [-0.39, 0.29) is 5.97 Å². The van der Waals surface area contributed by atoms with E-state index in [1.807, 2.05) is 176 Å². The van der Waals surface area contributed by atoms with E-state index in [2.05, 4.69) is 110 Å². The average Bonchev–Trinajstić information content (AvgIpc) is 1.70. The molecule has 0 saturated heterocycles. The van der Waals surface area contributed by atoms with Crippen molar-refractivity contribution in [2.75, 3.05) is 28.3 Å². The number of hydrogen-bond acceptors (Lipinski definition) is 23. The Kier molecular flexibility index (Phi) is 49.5. The van der Waals surface area contributed by atoms with Crippen LogP contribution >= 0.6 is 91.5 Å². The molecule has 13 rings (SSSR count). The first-order chi connectivity index (χ1) is 58.6. The van der Waals surface area contributed by atoms with Gasteiger partial charge in [-0.05, 0) is 219 Å². The van der Waals surface area contributed by atoms with Crippen molar-refractivity contribution in [3.8, 4) is 44.5 Å².